The van der Waals surface area contributed by atoms with Gasteiger partial charge < -0.3 is 11.1 Å². The number of nitrogens with two attached hydrogens (primary N) is 1. The lowest BCUT2D eigenvalue weighted by molar-refractivity contribution is 0.622. The molecular weight excluding hydrogens is 339 g/mol. The molecule has 0 saturated carbocycles. The van der Waals surface area contributed by atoms with E-state index >= 15 is 0 Å². The summed E-state index contributed by atoms with van der Waals surface area (Å²) in [5.74, 6) is 0.978. The smallest absolute Gasteiger partial charge is 0.188 e. The molecule has 0 spiro atoms. The second-order valence-corrected chi connectivity index (χ2v) is 4.29. The Labute approximate surface area is 125 Å². The molecule has 0 aliphatic rings. The third-order valence-electron chi connectivity index (χ3n) is 2.18. The third-order valence-corrected chi connectivity index (χ3v) is 2.18. The van der Waals surface area contributed by atoms with Gasteiger partial charge in [0.15, 0.2) is 5.96 Å². The van der Waals surface area contributed by atoms with Gasteiger partial charge in [0, 0.05) is 6.54 Å². The molecule has 0 amide bonds. The van der Waals surface area contributed by atoms with Gasteiger partial charge in [0.2, 0.25) is 0 Å². The number of nitrogens with zero attached hydrogens (tertiary/aromatic N) is 2. The molecule has 4 nitrogen and oxygen atoms in total. The Morgan fingerprint density at radius 2 is 2.22 bits per heavy atom. The van der Waals surface area contributed by atoms with Crippen molar-refractivity contribution in [3.63, 3.8) is 0 Å². The van der Waals surface area contributed by atoms with E-state index in [0.717, 1.165) is 12.1 Å². The van der Waals surface area contributed by atoms with Crippen LogP contribution in [0.1, 0.15) is 25.0 Å². The summed E-state index contributed by atoms with van der Waals surface area (Å²) < 4.78 is 0. The van der Waals surface area contributed by atoms with Crippen molar-refractivity contribution in [3.8, 4) is 6.07 Å². The molecule has 0 aliphatic carbocycles. The molecular formula is C13H19IN4. The molecule has 18 heavy (non-hydrogen) atoms. The summed E-state index contributed by atoms with van der Waals surface area (Å²) in [7, 11) is 0. The fourth-order valence-corrected chi connectivity index (χ4v) is 1.28. The minimum atomic E-state index is 0. The van der Waals surface area contributed by atoms with Crippen molar-refractivity contribution in [2.24, 2.45) is 16.6 Å². The highest BCUT2D eigenvalue weighted by Gasteiger charge is 1.97. The molecule has 0 atom stereocenters. The van der Waals surface area contributed by atoms with Crippen LogP contribution in [0.15, 0.2) is 29.3 Å². The Bertz CT molecular complexity index is 435. The second-order valence-electron chi connectivity index (χ2n) is 4.29. The molecule has 0 aromatic heterocycles. The molecule has 3 N–H and O–H groups in total. The minimum absolute atomic E-state index is 0. The molecule has 0 heterocycles. The molecule has 0 fully saturated rings. The summed E-state index contributed by atoms with van der Waals surface area (Å²) in [5.41, 5.74) is 7.34. The molecule has 1 aromatic carbocycles. The number of hydrogen-bond donors (Lipinski definition) is 2. The van der Waals surface area contributed by atoms with Gasteiger partial charge in [0.1, 0.15) is 0 Å². The third kappa shape index (κ3) is 6.45. The average Bonchev–Trinajstić information content (AvgIpc) is 2.34. The van der Waals surface area contributed by atoms with Crippen LogP contribution < -0.4 is 11.1 Å². The van der Waals surface area contributed by atoms with Crippen molar-refractivity contribution in [1.29, 1.82) is 5.26 Å². The maximum absolute atomic E-state index is 8.76. The van der Waals surface area contributed by atoms with E-state index in [1.165, 1.54) is 0 Å². The predicted octanol–water partition coefficient (Wildman–Crippen LogP) is 2.24. The number of halogens is 1. The predicted molar refractivity (Wildman–Crippen MR) is 84.7 cm³/mol. The van der Waals surface area contributed by atoms with Gasteiger partial charge in [-0.2, -0.15) is 5.26 Å². The van der Waals surface area contributed by atoms with E-state index in [-0.39, 0.29) is 24.0 Å². The number of hydrogen-bond acceptors (Lipinski definition) is 2. The van der Waals surface area contributed by atoms with Crippen LogP contribution in [0.4, 0.5) is 0 Å². The first-order valence-corrected chi connectivity index (χ1v) is 5.64. The van der Waals surface area contributed by atoms with Gasteiger partial charge in [-0.25, -0.2) is 4.99 Å². The number of guanidine groups is 1. The molecule has 0 saturated heterocycles. The monoisotopic (exact) mass is 358 g/mol. The van der Waals surface area contributed by atoms with E-state index in [4.69, 9.17) is 11.0 Å². The van der Waals surface area contributed by atoms with E-state index < -0.39 is 0 Å². The topological polar surface area (TPSA) is 74.2 Å². The van der Waals surface area contributed by atoms with Gasteiger partial charge in [-0.3, -0.25) is 0 Å². The zero-order chi connectivity index (χ0) is 12.7. The zero-order valence-corrected chi connectivity index (χ0v) is 13.0. The second kappa shape index (κ2) is 8.75. The lowest BCUT2D eigenvalue weighted by atomic mass is 10.1. The van der Waals surface area contributed by atoms with Gasteiger partial charge in [-0.15, -0.1) is 24.0 Å². The first kappa shape index (κ1) is 16.7. The lowest BCUT2D eigenvalue weighted by Gasteiger charge is -2.07. The fourth-order valence-electron chi connectivity index (χ4n) is 1.28. The molecule has 98 valence electrons. The fraction of sp³-hybridized carbons (Fsp3) is 0.385. The quantitative estimate of drug-likeness (QED) is 0.493. The van der Waals surface area contributed by atoms with E-state index in [9.17, 15) is 0 Å². The van der Waals surface area contributed by atoms with Crippen molar-refractivity contribution >= 4 is 29.9 Å². The van der Waals surface area contributed by atoms with Crippen LogP contribution in [0.5, 0.6) is 0 Å². The Morgan fingerprint density at radius 3 is 2.83 bits per heavy atom. The Morgan fingerprint density at radius 1 is 1.50 bits per heavy atom. The number of rotatable bonds is 4. The first-order valence-electron chi connectivity index (χ1n) is 5.64. The van der Waals surface area contributed by atoms with E-state index in [1.54, 1.807) is 6.07 Å². The molecule has 0 unspecified atom stereocenters. The van der Waals surface area contributed by atoms with Crippen molar-refractivity contribution < 1.29 is 0 Å². The van der Waals surface area contributed by atoms with Gasteiger partial charge in [-0.1, -0.05) is 26.0 Å². The Balaban J connectivity index is 0.00000289. The van der Waals surface area contributed by atoms with Gasteiger partial charge in [0.05, 0.1) is 18.2 Å². The SMILES string of the molecule is CC(C)CNC(N)=NCc1cccc(C#N)c1.I. The van der Waals surface area contributed by atoms with Crippen LogP contribution >= 0.6 is 24.0 Å². The Kier molecular flexibility index (Phi) is 8.12. The van der Waals surface area contributed by atoms with Crippen LogP contribution in [0.25, 0.3) is 0 Å². The van der Waals surface area contributed by atoms with Gasteiger partial charge in [0.25, 0.3) is 0 Å². The molecule has 0 radical (unpaired) electrons. The number of benzene rings is 1. The zero-order valence-electron chi connectivity index (χ0n) is 10.7. The van der Waals surface area contributed by atoms with Crippen LogP contribution in [-0.2, 0) is 6.54 Å². The summed E-state index contributed by atoms with van der Waals surface area (Å²) in [6.07, 6.45) is 0. The molecule has 5 heteroatoms. The number of nitrogens with one attached hydrogen (secondary N) is 1. The highest BCUT2D eigenvalue weighted by atomic mass is 127. The molecule has 1 rings (SSSR count). The van der Waals surface area contributed by atoms with Crippen LogP contribution in [0, 0.1) is 17.2 Å². The van der Waals surface area contributed by atoms with Crippen LogP contribution in [-0.4, -0.2) is 12.5 Å². The van der Waals surface area contributed by atoms with Crippen LogP contribution in [0.2, 0.25) is 0 Å². The van der Waals surface area contributed by atoms with Crippen molar-refractivity contribution in [1.82, 2.24) is 5.32 Å². The van der Waals surface area contributed by atoms with E-state index in [0.29, 0.717) is 24.0 Å². The average molecular weight is 358 g/mol. The molecule has 1 aromatic rings. The standard InChI is InChI=1S/C13H18N4.HI/c1-10(2)8-16-13(15)17-9-12-5-3-4-11(6-12)7-14;/h3-6,10H,8-9H2,1-2H3,(H3,15,16,17);1H. The summed E-state index contributed by atoms with van der Waals surface area (Å²) in [4.78, 5) is 4.22. The summed E-state index contributed by atoms with van der Waals surface area (Å²) >= 11 is 0. The maximum Gasteiger partial charge on any atom is 0.188 e. The summed E-state index contributed by atoms with van der Waals surface area (Å²) in [6, 6.07) is 9.47. The first-order chi connectivity index (χ1) is 8.11. The van der Waals surface area contributed by atoms with Gasteiger partial charge >= 0.3 is 0 Å². The van der Waals surface area contributed by atoms with Crippen molar-refractivity contribution in [2.75, 3.05) is 6.54 Å². The van der Waals surface area contributed by atoms with Crippen molar-refractivity contribution in [2.45, 2.75) is 20.4 Å². The largest absolute Gasteiger partial charge is 0.370 e. The van der Waals surface area contributed by atoms with Crippen LogP contribution in [0.3, 0.4) is 0 Å². The minimum Gasteiger partial charge on any atom is -0.370 e. The van der Waals surface area contributed by atoms with Gasteiger partial charge in [-0.05, 0) is 23.6 Å². The van der Waals surface area contributed by atoms with E-state index in [1.807, 2.05) is 18.2 Å². The normalized spacial score (nSPS) is 10.7. The summed E-state index contributed by atoms with van der Waals surface area (Å²) in [6.45, 7) is 5.52. The number of aliphatic imine (C=N–C) groups is 1. The highest BCUT2D eigenvalue weighted by molar-refractivity contribution is 14.0. The molecule has 0 bridgehead atoms. The number of nitriles is 1. The summed E-state index contributed by atoms with van der Waals surface area (Å²) in [5, 5.41) is 11.8. The maximum atomic E-state index is 8.76. The lowest BCUT2D eigenvalue weighted by Crippen LogP contribution is -2.34. The van der Waals surface area contributed by atoms with Crippen molar-refractivity contribution in [3.05, 3.63) is 35.4 Å². The highest BCUT2D eigenvalue weighted by Crippen LogP contribution is 2.05. The molecule has 0 aliphatic heterocycles. The Hall–Kier alpha value is -1.29. The van der Waals surface area contributed by atoms with E-state index in [2.05, 4.69) is 30.2 Å².